The van der Waals surface area contributed by atoms with Gasteiger partial charge in [0.05, 0.1) is 6.54 Å². The summed E-state index contributed by atoms with van der Waals surface area (Å²) < 4.78 is 0. The summed E-state index contributed by atoms with van der Waals surface area (Å²) in [5.74, 6) is -0.238. The minimum atomic E-state index is -0.238. The Labute approximate surface area is 127 Å². The smallest absolute Gasteiger partial charge is 0.250 e. The molecule has 0 aliphatic heterocycles. The average Bonchev–Trinajstić information content (AvgIpc) is 2.97. The molecular weight excluding hydrogens is 288 g/mol. The third kappa shape index (κ3) is 4.95. The molecule has 0 radical (unpaired) electrons. The summed E-state index contributed by atoms with van der Waals surface area (Å²) in [7, 11) is 0. The van der Waals surface area contributed by atoms with Gasteiger partial charge in [0.2, 0.25) is 5.91 Å². The van der Waals surface area contributed by atoms with Crippen molar-refractivity contribution in [2.24, 2.45) is 0 Å². The first-order valence-corrected chi connectivity index (χ1v) is 7.37. The van der Waals surface area contributed by atoms with Crippen molar-refractivity contribution in [2.45, 2.75) is 6.54 Å². The number of carbonyl (C=O) groups is 1. The molecule has 2 rings (SSSR count). The lowest BCUT2D eigenvalue weighted by molar-refractivity contribution is -0.115. The Balaban J connectivity index is 1.76. The van der Waals surface area contributed by atoms with Crippen LogP contribution in [0.4, 0.5) is 0 Å². The standard InChI is InChI=1S/C15H14N2OS2/c18-14(9-8-12-5-2-1-3-6-12)17-15(19)16-11-13-7-4-10-20-13/h1-10H,11H2,(H2,16,17,18,19). The number of rotatable bonds is 4. The summed E-state index contributed by atoms with van der Waals surface area (Å²) in [6, 6.07) is 13.6. The third-order valence-electron chi connectivity index (χ3n) is 2.47. The van der Waals surface area contributed by atoms with Gasteiger partial charge in [0.25, 0.3) is 0 Å². The van der Waals surface area contributed by atoms with Crippen LogP contribution in [0.15, 0.2) is 53.9 Å². The van der Waals surface area contributed by atoms with Gasteiger partial charge in [-0.1, -0.05) is 36.4 Å². The van der Waals surface area contributed by atoms with Gasteiger partial charge >= 0.3 is 0 Å². The molecule has 5 heteroatoms. The van der Waals surface area contributed by atoms with Crippen LogP contribution >= 0.6 is 23.6 Å². The lowest BCUT2D eigenvalue weighted by Gasteiger charge is -2.06. The van der Waals surface area contributed by atoms with Crippen molar-refractivity contribution in [1.29, 1.82) is 0 Å². The Kier molecular flexibility index (Phi) is 5.46. The van der Waals surface area contributed by atoms with E-state index in [4.69, 9.17) is 12.2 Å². The average molecular weight is 302 g/mol. The summed E-state index contributed by atoms with van der Waals surface area (Å²) in [5, 5.41) is 7.94. The predicted octanol–water partition coefficient (Wildman–Crippen LogP) is 2.95. The van der Waals surface area contributed by atoms with Crippen LogP contribution < -0.4 is 10.6 Å². The topological polar surface area (TPSA) is 41.1 Å². The van der Waals surface area contributed by atoms with Gasteiger partial charge < -0.3 is 5.32 Å². The number of nitrogens with one attached hydrogen (secondary N) is 2. The lowest BCUT2D eigenvalue weighted by Crippen LogP contribution is -2.37. The zero-order chi connectivity index (χ0) is 14.2. The number of benzene rings is 1. The van der Waals surface area contributed by atoms with Crippen molar-refractivity contribution in [2.75, 3.05) is 0 Å². The number of hydrogen-bond donors (Lipinski definition) is 2. The fraction of sp³-hybridized carbons (Fsp3) is 0.0667. The molecule has 0 saturated carbocycles. The maximum atomic E-state index is 11.7. The number of hydrogen-bond acceptors (Lipinski definition) is 3. The largest absolute Gasteiger partial charge is 0.357 e. The summed E-state index contributed by atoms with van der Waals surface area (Å²) in [6.07, 6.45) is 3.21. The van der Waals surface area contributed by atoms with E-state index in [-0.39, 0.29) is 5.91 Å². The summed E-state index contributed by atoms with van der Waals surface area (Å²) >= 11 is 6.70. The van der Waals surface area contributed by atoms with Gasteiger partial charge in [-0.05, 0) is 35.3 Å². The van der Waals surface area contributed by atoms with E-state index >= 15 is 0 Å². The molecule has 2 aromatic rings. The Bertz CT molecular complexity index is 592. The number of carbonyl (C=O) groups excluding carboxylic acids is 1. The van der Waals surface area contributed by atoms with Gasteiger partial charge in [-0.3, -0.25) is 10.1 Å². The molecule has 3 nitrogen and oxygen atoms in total. The van der Waals surface area contributed by atoms with Gasteiger partial charge in [-0.2, -0.15) is 0 Å². The summed E-state index contributed by atoms with van der Waals surface area (Å²) in [5.41, 5.74) is 0.972. The van der Waals surface area contributed by atoms with Crippen molar-refractivity contribution in [3.05, 3.63) is 64.4 Å². The van der Waals surface area contributed by atoms with E-state index in [0.29, 0.717) is 11.7 Å². The molecule has 0 fully saturated rings. The molecule has 0 aliphatic rings. The van der Waals surface area contributed by atoms with Gasteiger partial charge in [-0.15, -0.1) is 11.3 Å². The lowest BCUT2D eigenvalue weighted by atomic mass is 10.2. The first-order valence-electron chi connectivity index (χ1n) is 6.08. The van der Waals surface area contributed by atoms with Crippen LogP contribution in [0.3, 0.4) is 0 Å². The van der Waals surface area contributed by atoms with E-state index in [1.807, 2.05) is 47.8 Å². The van der Waals surface area contributed by atoms with E-state index in [9.17, 15) is 4.79 Å². The molecule has 1 aromatic heterocycles. The molecule has 102 valence electrons. The highest BCUT2D eigenvalue weighted by atomic mass is 32.1. The molecule has 20 heavy (non-hydrogen) atoms. The Morgan fingerprint density at radius 3 is 2.70 bits per heavy atom. The second-order valence-corrected chi connectivity index (χ2v) is 5.44. The fourth-order valence-corrected chi connectivity index (χ4v) is 2.33. The van der Waals surface area contributed by atoms with Crippen LogP contribution in [-0.4, -0.2) is 11.0 Å². The van der Waals surface area contributed by atoms with Crippen molar-refractivity contribution in [3.8, 4) is 0 Å². The fourth-order valence-electron chi connectivity index (χ4n) is 1.51. The number of amides is 1. The monoisotopic (exact) mass is 302 g/mol. The quantitative estimate of drug-likeness (QED) is 0.674. The maximum absolute atomic E-state index is 11.7. The van der Waals surface area contributed by atoms with Gasteiger partial charge in [0.15, 0.2) is 5.11 Å². The normalized spacial score (nSPS) is 10.4. The van der Waals surface area contributed by atoms with Crippen molar-refractivity contribution >= 4 is 40.7 Å². The van der Waals surface area contributed by atoms with E-state index in [2.05, 4.69) is 10.6 Å². The zero-order valence-corrected chi connectivity index (χ0v) is 12.3. The molecule has 0 spiro atoms. The Morgan fingerprint density at radius 1 is 1.20 bits per heavy atom. The van der Waals surface area contributed by atoms with E-state index in [1.54, 1.807) is 17.4 Å². The van der Waals surface area contributed by atoms with Crippen LogP contribution in [0, 0.1) is 0 Å². The van der Waals surface area contributed by atoms with Crippen LogP contribution in [-0.2, 0) is 11.3 Å². The maximum Gasteiger partial charge on any atom is 0.250 e. The highest BCUT2D eigenvalue weighted by Gasteiger charge is 2.01. The first kappa shape index (κ1) is 14.4. The summed E-state index contributed by atoms with van der Waals surface area (Å²) in [4.78, 5) is 12.8. The van der Waals surface area contributed by atoms with E-state index < -0.39 is 0 Å². The second kappa shape index (κ2) is 7.57. The first-order chi connectivity index (χ1) is 9.74. The third-order valence-corrected chi connectivity index (χ3v) is 3.59. The van der Waals surface area contributed by atoms with Gasteiger partial charge in [0.1, 0.15) is 0 Å². The SMILES string of the molecule is O=C(C=Cc1ccccc1)NC(=S)NCc1cccs1. The summed E-state index contributed by atoms with van der Waals surface area (Å²) in [6.45, 7) is 0.624. The van der Waals surface area contributed by atoms with Crippen molar-refractivity contribution < 1.29 is 4.79 Å². The second-order valence-electron chi connectivity index (χ2n) is 4.00. The molecule has 0 aliphatic carbocycles. The molecule has 1 aromatic carbocycles. The number of thiophene rings is 1. The molecule has 0 bridgehead atoms. The zero-order valence-electron chi connectivity index (χ0n) is 10.7. The van der Waals surface area contributed by atoms with Crippen LogP contribution in [0.2, 0.25) is 0 Å². The van der Waals surface area contributed by atoms with Crippen LogP contribution in [0.1, 0.15) is 10.4 Å². The van der Waals surface area contributed by atoms with Gasteiger partial charge in [0, 0.05) is 11.0 Å². The molecule has 1 amide bonds. The minimum absolute atomic E-state index is 0.238. The van der Waals surface area contributed by atoms with Crippen molar-refractivity contribution in [1.82, 2.24) is 10.6 Å². The van der Waals surface area contributed by atoms with Crippen LogP contribution in [0.25, 0.3) is 6.08 Å². The van der Waals surface area contributed by atoms with Crippen molar-refractivity contribution in [3.63, 3.8) is 0 Å². The molecule has 0 unspecified atom stereocenters. The minimum Gasteiger partial charge on any atom is -0.357 e. The highest BCUT2D eigenvalue weighted by molar-refractivity contribution is 7.80. The number of thiocarbonyl (C=S) groups is 1. The Hall–Kier alpha value is -1.98. The molecule has 1 heterocycles. The van der Waals surface area contributed by atoms with Crippen LogP contribution in [0.5, 0.6) is 0 Å². The molecular formula is C15H14N2OS2. The van der Waals surface area contributed by atoms with E-state index in [0.717, 1.165) is 5.56 Å². The highest BCUT2D eigenvalue weighted by Crippen LogP contribution is 2.07. The van der Waals surface area contributed by atoms with Gasteiger partial charge in [-0.25, -0.2) is 0 Å². The Morgan fingerprint density at radius 2 is 2.00 bits per heavy atom. The molecule has 0 saturated heterocycles. The predicted molar refractivity (Wildman–Crippen MR) is 87.4 cm³/mol. The molecule has 2 N–H and O–H groups in total. The molecule has 0 atom stereocenters. The van der Waals surface area contributed by atoms with E-state index in [1.165, 1.54) is 11.0 Å².